The minimum atomic E-state index is -0.0678. The molecule has 0 radical (unpaired) electrons. The third kappa shape index (κ3) is 4.33. The van der Waals surface area contributed by atoms with Gasteiger partial charge in [0.05, 0.1) is 19.9 Å². The smallest absolute Gasteiger partial charge is 0.321 e. The summed E-state index contributed by atoms with van der Waals surface area (Å²) in [4.78, 5) is 21.4. The van der Waals surface area contributed by atoms with Gasteiger partial charge in [-0.1, -0.05) is 18.2 Å². The van der Waals surface area contributed by atoms with Crippen LogP contribution in [0.1, 0.15) is 0 Å². The van der Waals surface area contributed by atoms with Crippen LogP contribution in [0.15, 0.2) is 53.9 Å². The van der Waals surface area contributed by atoms with Crippen molar-refractivity contribution in [2.45, 2.75) is 0 Å². The first-order valence-corrected chi connectivity index (χ1v) is 10.6. The van der Waals surface area contributed by atoms with E-state index in [0.717, 1.165) is 46.7 Å². The molecule has 1 aliphatic heterocycles. The van der Waals surface area contributed by atoms with Crippen LogP contribution in [0, 0.1) is 0 Å². The zero-order valence-electron chi connectivity index (χ0n) is 17.0. The number of hydrogen-bond donors (Lipinski definition) is 1. The summed E-state index contributed by atoms with van der Waals surface area (Å²) in [5, 5.41) is 5.92. The molecule has 2 aromatic carbocycles. The maximum Gasteiger partial charge on any atom is 0.321 e. The summed E-state index contributed by atoms with van der Waals surface area (Å²) >= 11 is 1.60. The molecule has 0 atom stereocenters. The summed E-state index contributed by atoms with van der Waals surface area (Å²) in [7, 11) is 3.30. The summed E-state index contributed by atoms with van der Waals surface area (Å²) < 4.78 is 10.8. The Labute approximate surface area is 179 Å². The molecule has 3 aromatic rings. The third-order valence-corrected chi connectivity index (χ3v) is 5.94. The first-order chi connectivity index (χ1) is 14.7. The quantitative estimate of drug-likeness (QED) is 0.666. The van der Waals surface area contributed by atoms with E-state index in [1.54, 1.807) is 25.6 Å². The van der Waals surface area contributed by atoms with Crippen molar-refractivity contribution in [3.05, 3.63) is 53.9 Å². The van der Waals surface area contributed by atoms with Crippen molar-refractivity contribution in [2.24, 2.45) is 0 Å². The van der Waals surface area contributed by atoms with Crippen LogP contribution in [0.2, 0.25) is 0 Å². The maximum atomic E-state index is 12.5. The minimum Gasteiger partial charge on any atom is -0.497 e. The highest BCUT2D eigenvalue weighted by atomic mass is 32.1. The van der Waals surface area contributed by atoms with E-state index in [-0.39, 0.29) is 6.03 Å². The van der Waals surface area contributed by atoms with Gasteiger partial charge in [-0.05, 0) is 30.3 Å². The van der Waals surface area contributed by atoms with Crippen molar-refractivity contribution < 1.29 is 14.3 Å². The average molecular weight is 425 g/mol. The van der Waals surface area contributed by atoms with Crippen LogP contribution in [0.4, 0.5) is 15.6 Å². The van der Waals surface area contributed by atoms with Gasteiger partial charge in [0.1, 0.15) is 11.5 Å². The summed E-state index contributed by atoms with van der Waals surface area (Å²) in [5.41, 5.74) is 2.57. The highest BCUT2D eigenvalue weighted by Gasteiger charge is 2.23. The highest BCUT2D eigenvalue weighted by Crippen LogP contribution is 2.36. The second-order valence-electron chi connectivity index (χ2n) is 6.85. The molecule has 0 saturated carbocycles. The Bertz CT molecular complexity index is 1000. The molecule has 156 valence electrons. The normalized spacial score (nSPS) is 13.8. The van der Waals surface area contributed by atoms with E-state index in [0.29, 0.717) is 13.1 Å². The molecule has 1 aromatic heterocycles. The minimum absolute atomic E-state index is 0.0678. The van der Waals surface area contributed by atoms with Gasteiger partial charge in [-0.25, -0.2) is 9.78 Å². The molecule has 0 unspecified atom stereocenters. The molecule has 7 nitrogen and oxygen atoms in total. The van der Waals surface area contributed by atoms with Gasteiger partial charge in [-0.2, -0.15) is 0 Å². The molecule has 4 rings (SSSR count). The van der Waals surface area contributed by atoms with Crippen LogP contribution in [-0.2, 0) is 0 Å². The maximum absolute atomic E-state index is 12.5. The first-order valence-electron chi connectivity index (χ1n) is 9.72. The predicted octanol–water partition coefficient (Wildman–Crippen LogP) is 4.18. The molecule has 0 bridgehead atoms. The molecule has 30 heavy (non-hydrogen) atoms. The number of anilines is 2. The number of amides is 2. The van der Waals surface area contributed by atoms with Crippen molar-refractivity contribution in [1.29, 1.82) is 0 Å². The third-order valence-electron chi connectivity index (χ3n) is 5.04. The summed E-state index contributed by atoms with van der Waals surface area (Å²) in [5.74, 6) is 1.52. The molecular formula is C22H24N4O3S. The molecule has 1 fully saturated rings. The molecule has 2 amide bonds. The van der Waals surface area contributed by atoms with Crippen molar-refractivity contribution in [3.63, 3.8) is 0 Å². The molecular weight excluding hydrogens is 400 g/mol. The van der Waals surface area contributed by atoms with Crippen LogP contribution in [0.3, 0.4) is 0 Å². The summed E-state index contributed by atoms with van der Waals surface area (Å²) in [6.45, 7) is 2.78. The second-order valence-corrected chi connectivity index (χ2v) is 7.69. The van der Waals surface area contributed by atoms with E-state index in [9.17, 15) is 4.79 Å². The topological polar surface area (TPSA) is 66.9 Å². The molecule has 2 heterocycles. The number of ether oxygens (including phenoxy) is 2. The number of thiazole rings is 1. The SMILES string of the molecule is COc1ccc(OC)c(-c2csc(N3CCN(C(=O)Nc4ccccc4)CC3)n2)c1. The Balaban J connectivity index is 1.40. The van der Waals surface area contributed by atoms with Gasteiger partial charge < -0.3 is 24.6 Å². The van der Waals surface area contributed by atoms with Gasteiger partial charge in [-0.3, -0.25) is 0 Å². The number of carbonyl (C=O) groups excluding carboxylic acids is 1. The zero-order chi connectivity index (χ0) is 20.9. The molecule has 1 aliphatic rings. The number of urea groups is 1. The van der Waals surface area contributed by atoms with E-state index < -0.39 is 0 Å². The Morgan fingerprint density at radius 2 is 1.80 bits per heavy atom. The van der Waals surface area contributed by atoms with Gasteiger partial charge in [0.2, 0.25) is 0 Å². The van der Waals surface area contributed by atoms with Crippen molar-refractivity contribution in [1.82, 2.24) is 9.88 Å². The van der Waals surface area contributed by atoms with Gasteiger partial charge in [-0.15, -0.1) is 11.3 Å². The standard InChI is InChI=1S/C22H24N4O3S/c1-28-17-8-9-20(29-2)18(14-17)19-15-30-22(24-19)26-12-10-25(11-13-26)21(27)23-16-6-4-3-5-7-16/h3-9,14-15H,10-13H2,1-2H3,(H,23,27). The fourth-order valence-corrected chi connectivity index (χ4v) is 4.25. The number of hydrogen-bond acceptors (Lipinski definition) is 6. The predicted molar refractivity (Wildman–Crippen MR) is 120 cm³/mol. The van der Waals surface area contributed by atoms with Crippen LogP contribution in [0.5, 0.6) is 11.5 Å². The monoisotopic (exact) mass is 424 g/mol. The molecule has 1 saturated heterocycles. The van der Waals surface area contributed by atoms with Crippen molar-refractivity contribution in [3.8, 4) is 22.8 Å². The number of carbonyl (C=O) groups is 1. The van der Waals surface area contributed by atoms with Crippen molar-refractivity contribution >= 4 is 28.2 Å². The lowest BCUT2D eigenvalue weighted by molar-refractivity contribution is 0.208. The van der Waals surface area contributed by atoms with Gasteiger partial charge in [0.25, 0.3) is 0 Å². The molecule has 0 spiro atoms. The molecule has 8 heteroatoms. The van der Waals surface area contributed by atoms with Crippen LogP contribution in [0.25, 0.3) is 11.3 Å². The Morgan fingerprint density at radius 3 is 2.50 bits per heavy atom. The number of benzene rings is 2. The van der Waals surface area contributed by atoms with E-state index in [1.165, 1.54) is 0 Å². The fraction of sp³-hybridized carbons (Fsp3) is 0.273. The first kappa shape index (κ1) is 20.0. The van der Waals surface area contributed by atoms with E-state index in [1.807, 2.05) is 58.8 Å². The van der Waals surface area contributed by atoms with Gasteiger partial charge in [0.15, 0.2) is 5.13 Å². The lowest BCUT2D eigenvalue weighted by Crippen LogP contribution is -2.50. The van der Waals surface area contributed by atoms with Gasteiger partial charge >= 0.3 is 6.03 Å². The molecule has 0 aliphatic carbocycles. The number of methoxy groups -OCH3 is 2. The molecule has 1 N–H and O–H groups in total. The van der Waals surface area contributed by atoms with E-state index in [2.05, 4.69) is 10.2 Å². The Hall–Kier alpha value is -3.26. The Morgan fingerprint density at radius 1 is 1.03 bits per heavy atom. The number of nitrogens with one attached hydrogen (secondary N) is 1. The highest BCUT2D eigenvalue weighted by molar-refractivity contribution is 7.14. The summed E-state index contributed by atoms with van der Waals surface area (Å²) in [6, 6.07) is 15.1. The van der Waals surface area contributed by atoms with E-state index >= 15 is 0 Å². The largest absolute Gasteiger partial charge is 0.497 e. The number of piperazine rings is 1. The lowest BCUT2D eigenvalue weighted by Gasteiger charge is -2.34. The Kier molecular flexibility index (Phi) is 6.04. The number of aromatic nitrogens is 1. The average Bonchev–Trinajstić information content (AvgIpc) is 3.29. The number of rotatable bonds is 5. The lowest BCUT2D eigenvalue weighted by atomic mass is 10.1. The van der Waals surface area contributed by atoms with Crippen LogP contribution >= 0.6 is 11.3 Å². The number of nitrogens with zero attached hydrogens (tertiary/aromatic N) is 3. The van der Waals surface area contributed by atoms with Crippen LogP contribution in [-0.4, -0.2) is 56.3 Å². The van der Waals surface area contributed by atoms with Gasteiger partial charge in [0, 0.05) is 42.8 Å². The second kappa shape index (κ2) is 9.04. The zero-order valence-corrected chi connectivity index (χ0v) is 17.8. The number of para-hydroxylation sites is 1. The van der Waals surface area contributed by atoms with Crippen LogP contribution < -0.4 is 19.7 Å². The summed E-state index contributed by atoms with van der Waals surface area (Å²) in [6.07, 6.45) is 0. The van der Waals surface area contributed by atoms with E-state index in [4.69, 9.17) is 14.5 Å². The fourth-order valence-electron chi connectivity index (χ4n) is 3.37. The van der Waals surface area contributed by atoms with Crippen molar-refractivity contribution in [2.75, 3.05) is 50.6 Å².